The number of likely N-dealkylation sites (tertiary alicyclic amines) is 1. The molecule has 7 heteroatoms. The first-order valence-corrected chi connectivity index (χ1v) is 9.46. The summed E-state index contributed by atoms with van der Waals surface area (Å²) in [5.74, 6) is -0.0657. The molecular formula is C21H15ClN6. The quantitative estimate of drug-likeness (QED) is 0.684. The molecule has 1 saturated carbocycles. The highest BCUT2D eigenvalue weighted by molar-refractivity contribution is 6.31. The third kappa shape index (κ3) is 2.02. The minimum absolute atomic E-state index is 0.104. The minimum atomic E-state index is -1.37. The van der Waals surface area contributed by atoms with Gasteiger partial charge in [0.2, 0.25) is 0 Å². The lowest BCUT2D eigenvalue weighted by molar-refractivity contribution is 0.329. The fraction of sp³-hybridized carbons (Fsp3) is 0.381. The molecule has 2 aliphatic heterocycles. The Morgan fingerprint density at radius 3 is 2.21 bits per heavy atom. The van der Waals surface area contributed by atoms with Crippen molar-refractivity contribution in [3.63, 3.8) is 0 Å². The molecule has 1 aromatic rings. The first-order chi connectivity index (χ1) is 13.6. The molecule has 2 fully saturated rings. The molecule has 6 nitrogen and oxygen atoms in total. The zero-order valence-corrected chi connectivity index (χ0v) is 15.7. The Kier molecular flexibility index (Phi) is 4.12. The highest BCUT2D eigenvalue weighted by atomic mass is 35.5. The zero-order chi connectivity index (χ0) is 19.9. The van der Waals surface area contributed by atoms with Gasteiger partial charge in [-0.3, -0.25) is 0 Å². The van der Waals surface area contributed by atoms with Crippen molar-refractivity contribution >= 4 is 17.4 Å². The lowest BCUT2D eigenvalue weighted by atomic mass is 9.91. The minimum Gasteiger partial charge on any atom is -0.359 e. The van der Waals surface area contributed by atoms with E-state index in [0.29, 0.717) is 16.4 Å². The molecule has 3 aliphatic rings. The smallest absolute Gasteiger partial charge is 0.152 e. The van der Waals surface area contributed by atoms with E-state index in [-0.39, 0.29) is 11.3 Å². The summed E-state index contributed by atoms with van der Waals surface area (Å²) in [6, 6.07) is 15.5. The van der Waals surface area contributed by atoms with Crippen LogP contribution in [0.3, 0.4) is 0 Å². The fourth-order valence-electron chi connectivity index (χ4n) is 4.78. The molecule has 4 rings (SSSR count). The number of hydrogen-bond donors (Lipinski definition) is 0. The molecule has 0 amide bonds. The van der Waals surface area contributed by atoms with Crippen LogP contribution in [0.1, 0.15) is 30.7 Å². The van der Waals surface area contributed by atoms with Gasteiger partial charge in [0.05, 0.1) is 17.8 Å². The molecule has 2 heterocycles. The van der Waals surface area contributed by atoms with Gasteiger partial charge in [-0.25, -0.2) is 4.99 Å². The van der Waals surface area contributed by atoms with E-state index in [1.807, 2.05) is 23.1 Å². The van der Waals surface area contributed by atoms with E-state index < -0.39 is 16.7 Å². The summed E-state index contributed by atoms with van der Waals surface area (Å²) < 4.78 is 0. The maximum atomic E-state index is 10.3. The first kappa shape index (κ1) is 18.1. The molecule has 0 bridgehead atoms. The molecule has 3 unspecified atom stereocenters. The van der Waals surface area contributed by atoms with Crippen molar-refractivity contribution < 1.29 is 0 Å². The third-order valence-electron chi connectivity index (χ3n) is 6.03. The highest BCUT2D eigenvalue weighted by Gasteiger charge is 2.87. The van der Waals surface area contributed by atoms with E-state index in [9.17, 15) is 21.0 Å². The maximum absolute atomic E-state index is 10.3. The Bertz CT molecular complexity index is 1070. The average Bonchev–Trinajstić information content (AvgIpc) is 3.23. The summed E-state index contributed by atoms with van der Waals surface area (Å²) in [4.78, 5) is 6.60. The van der Waals surface area contributed by atoms with Crippen molar-refractivity contribution in [3.8, 4) is 24.3 Å². The second-order valence-corrected chi connectivity index (χ2v) is 7.63. The van der Waals surface area contributed by atoms with Gasteiger partial charge in [0.15, 0.2) is 5.57 Å². The largest absolute Gasteiger partial charge is 0.359 e. The van der Waals surface area contributed by atoms with Crippen LogP contribution in [0.15, 0.2) is 40.5 Å². The molecule has 0 aromatic heterocycles. The van der Waals surface area contributed by atoms with Gasteiger partial charge in [-0.1, -0.05) is 29.8 Å². The predicted octanol–water partition coefficient (Wildman–Crippen LogP) is 3.66. The Labute approximate surface area is 168 Å². The molecule has 136 valence electrons. The summed E-state index contributed by atoms with van der Waals surface area (Å²) in [5.41, 5.74) is -2.06. The number of piperidine rings is 1. The number of allylic oxidation sites excluding steroid dienone is 2. The summed E-state index contributed by atoms with van der Waals surface area (Å²) in [6.45, 7) is 1.47. The molecule has 28 heavy (non-hydrogen) atoms. The number of halogens is 1. The van der Waals surface area contributed by atoms with Crippen LogP contribution in [0, 0.1) is 56.2 Å². The van der Waals surface area contributed by atoms with Crippen LogP contribution in [0.25, 0.3) is 0 Å². The standard InChI is InChI=1S/C21H15ClN6/c22-16-7-3-2-6-15(16)17-20(12-25)18(14(10-23)11-24)27-19(21(17,20)13-26)28-8-4-1-5-9-28/h2-3,6-7,17H,1,4-5,8-9H2. The van der Waals surface area contributed by atoms with Gasteiger partial charge >= 0.3 is 0 Å². The summed E-state index contributed by atoms with van der Waals surface area (Å²) in [5, 5.41) is 39.9. The van der Waals surface area contributed by atoms with Gasteiger partial charge in [0.25, 0.3) is 0 Å². The Morgan fingerprint density at radius 2 is 1.64 bits per heavy atom. The molecular weight excluding hydrogens is 372 g/mol. The number of benzene rings is 1. The van der Waals surface area contributed by atoms with Crippen molar-refractivity contribution in [2.24, 2.45) is 15.8 Å². The number of hydrogen-bond acceptors (Lipinski definition) is 6. The van der Waals surface area contributed by atoms with Gasteiger partial charge in [-0.15, -0.1) is 0 Å². The van der Waals surface area contributed by atoms with Crippen LogP contribution in [0.2, 0.25) is 5.02 Å². The number of nitrogens with zero attached hydrogens (tertiary/aromatic N) is 6. The SMILES string of the molecule is N#CC(C#N)=C1N=C(N2CCCCC2)C2(C#N)C(c3ccccc3Cl)C12C#N. The highest BCUT2D eigenvalue weighted by Crippen LogP contribution is 2.81. The van der Waals surface area contributed by atoms with E-state index in [0.717, 1.165) is 32.4 Å². The Morgan fingerprint density at radius 1 is 1.00 bits per heavy atom. The molecule has 1 aromatic carbocycles. The van der Waals surface area contributed by atoms with Crippen molar-refractivity contribution in [1.29, 1.82) is 21.0 Å². The number of fused-ring (bicyclic) bond motifs is 1. The maximum Gasteiger partial charge on any atom is 0.152 e. The van der Waals surface area contributed by atoms with Gasteiger partial charge in [0.1, 0.15) is 28.8 Å². The predicted molar refractivity (Wildman–Crippen MR) is 101 cm³/mol. The summed E-state index contributed by atoms with van der Waals surface area (Å²) in [6.07, 6.45) is 3.05. The number of rotatable bonds is 1. The topological polar surface area (TPSA) is 111 Å². The molecule has 0 radical (unpaired) electrons. The second-order valence-electron chi connectivity index (χ2n) is 7.22. The first-order valence-electron chi connectivity index (χ1n) is 9.08. The normalized spacial score (nSPS) is 30.2. The number of aliphatic imine (C=N–C) groups is 1. The molecule has 3 atom stereocenters. The lowest BCUT2D eigenvalue weighted by Crippen LogP contribution is -2.40. The van der Waals surface area contributed by atoms with Crippen LogP contribution in [0.4, 0.5) is 0 Å². The van der Waals surface area contributed by atoms with E-state index >= 15 is 0 Å². The summed E-state index contributed by atoms with van der Waals surface area (Å²) >= 11 is 6.42. The zero-order valence-electron chi connectivity index (χ0n) is 15.0. The van der Waals surface area contributed by atoms with Crippen molar-refractivity contribution in [3.05, 3.63) is 46.1 Å². The average molecular weight is 387 g/mol. The second kappa shape index (κ2) is 6.38. The van der Waals surface area contributed by atoms with Crippen molar-refractivity contribution in [2.75, 3.05) is 13.1 Å². The van der Waals surface area contributed by atoms with Crippen LogP contribution < -0.4 is 0 Å². The third-order valence-corrected chi connectivity index (χ3v) is 6.38. The lowest BCUT2D eigenvalue weighted by Gasteiger charge is -2.31. The van der Waals surface area contributed by atoms with Crippen molar-refractivity contribution in [2.45, 2.75) is 25.2 Å². The van der Waals surface area contributed by atoms with Gasteiger partial charge in [0, 0.05) is 24.0 Å². The molecule has 1 saturated heterocycles. The number of nitriles is 4. The Balaban J connectivity index is 1.99. The monoisotopic (exact) mass is 386 g/mol. The molecule has 0 spiro atoms. The molecule has 1 aliphatic carbocycles. The van der Waals surface area contributed by atoms with Crippen LogP contribution >= 0.6 is 11.6 Å². The van der Waals surface area contributed by atoms with Crippen molar-refractivity contribution in [1.82, 2.24) is 4.90 Å². The van der Waals surface area contributed by atoms with E-state index in [4.69, 9.17) is 11.6 Å². The fourth-order valence-corrected chi connectivity index (χ4v) is 5.02. The summed E-state index contributed by atoms with van der Waals surface area (Å²) in [7, 11) is 0. The van der Waals surface area contributed by atoms with Crippen LogP contribution in [-0.2, 0) is 0 Å². The van der Waals surface area contributed by atoms with Gasteiger partial charge < -0.3 is 4.90 Å². The molecule has 0 N–H and O–H groups in total. The van der Waals surface area contributed by atoms with E-state index in [1.165, 1.54) is 0 Å². The van der Waals surface area contributed by atoms with Crippen LogP contribution in [0.5, 0.6) is 0 Å². The number of amidine groups is 1. The van der Waals surface area contributed by atoms with E-state index in [2.05, 4.69) is 17.1 Å². The van der Waals surface area contributed by atoms with Crippen LogP contribution in [-0.4, -0.2) is 23.8 Å². The van der Waals surface area contributed by atoms with Gasteiger partial charge in [-0.2, -0.15) is 21.0 Å². The Hall–Kier alpha value is -3.32. The van der Waals surface area contributed by atoms with E-state index in [1.54, 1.807) is 18.2 Å². The van der Waals surface area contributed by atoms with Gasteiger partial charge in [-0.05, 0) is 30.9 Å².